The molecule has 0 aromatic carbocycles. The third-order valence-electron chi connectivity index (χ3n) is 4.61. The molecule has 1 unspecified atom stereocenters. The second-order valence-corrected chi connectivity index (χ2v) is 7.78. The first-order valence-corrected chi connectivity index (χ1v) is 8.47. The van der Waals surface area contributed by atoms with E-state index in [2.05, 4.69) is 34.6 Å². The molecule has 1 aliphatic carbocycles. The van der Waals surface area contributed by atoms with Crippen LogP contribution in [0, 0.1) is 23.2 Å². The van der Waals surface area contributed by atoms with Gasteiger partial charge < -0.3 is 0 Å². The highest BCUT2D eigenvalue weighted by atomic mass is 14.5. The molecule has 0 aliphatic heterocycles. The van der Waals surface area contributed by atoms with Crippen LogP contribution in [0.2, 0.25) is 0 Å². The summed E-state index contributed by atoms with van der Waals surface area (Å²) in [6, 6.07) is 0. The van der Waals surface area contributed by atoms with Gasteiger partial charge in [-0.2, -0.15) is 0 Å². The molecule has 1 fully saturated rings. The minimum atomic E-state index is 0.784. The smallest absolute Gasteiger partial charge is 0.0292 e. The Morgan fingerprint density at radius 1 is 0.833 bits per heavy atom. The van der Waals surface area contributed by atoms with Crippen molar-refractivity contribution in [3.8, 4) is 0 Å². The fraction of sp³-hybridized carbons (Fsp3) is 1.00. The van der Waals surface area contributed by atoms with Crippen LogP contribution in [0.1, 0.15) is 92.4 Å². The lowest BCUT2D eigenvalue weighted by molar-refractivity contribution is 0.270. The minimum Gasteiger partial charge on any atom is -0.0654 e. The predicted molar refractivity (Wildman–Crippen MR) is 82.8 cm³/mol. The van der Waals surface area contributed by atoms with Crippen molar-refractivity contribution < 1.29 is 0 Å². The van der Waals surface area contributed by atoms with Gasteiger partial charge >= 0.3 is 0 Å². The summed E-state index contributed by atoms with van der Waals surface area (Å²) < 4.78 is 0. The fourth-order valence-electron chi connectivity index (χ4n) is 3.72. The molecule has 0 aromatic heterocycles. The first-order valence-electron chi connectivity index (χ1n) is 8.47. The lowest BCUT2D eigenvalue weighted by atomic mass is 9.81. The van der Waals surface area contributed by atoms with E-state index in [1.165, 1.54) is 57.8 Å². The van der Waals surface area contributed by atoms with E-state index in [4.69, 9.17) is 0 Å². The molecule has 0 saturated heterocycles. The van der Waals surface area contributed by atoms with Crippen molar-refractivity contribution in [2.24, 2.45) is 23.2 Å². The maximum Gasteiger partial charge on any atom is -0.0292 e. The molecular weight excluding hydrogens is 216 g/mol. The zero-order valence-corrected chi connectivity index (χ0v) is 13.6. The predicted octanol–water partition coefficient (Wildman–Crippen LogP) is 6.45. The highest BCUT2D eigenvalue weighted by Gasteiger charge is 2.43. The van der Waals surface area contributed by atoms with Crippen LogP contribution >= 0.6 is 0 Å². The Bertz CT molecular complexity index is 210. The van der Waals surface area contributed by atoms with Crippen LogP contribution in [0.4, 0.5) is 0 Å². The van der Waals surface area contributed by atoms with Crippen LogP contribution < -0.4 is 0 Å². The fourth-order valence-corrected chi connectivity index (χ4v) is 3.72. The van der Waals surface area contributed by atoms with Crippen LogP contribution in [0.15, 0.2) is 0 Å². The molecule has 0 nitrogen and oxygen atoms in total. The van der Waals surface area contributed by atoms with Crippen molar-refractivity contribution in [1.82, 2.24) is 0 Å². The van der Waals surface area contributed by atoms with E-state index in [0.717, 1.165) is 23.2 Å². The molecule has 1 rings (SSSR count). The zero-order chi connectivity index (χ0) is 13.6. The second-order valence-electron chi connectivity index (χ2n) is 7.78. The second kappa shape index (κ2) is 7.56. The van der Waals surface area contributed by atoms with Crippen molar-refractivity contribution in [2.45, 2.75) is 92.4 Å². The van der Waals surface area contributed by atoms with Crippen molar-refractivity contribution in [1.29, 1.82) is 0 Å². The van der Waals surface area contributed by atoms with Crippen LogP contribution in [-0.2, 0) is 0 Å². The lowest BCUT2D eigenvalue weighted by Crippen LogP contribution is -2.12. The van der Waals surface area contributed by atoms with Crippen LogP contribution in [0.25, 0.3) is 0 Å². The number of hydrogen-bond donors (Lipinski definition) is 0. The molecule has 0 heteroatoms. The van der Waals surface area contributed by atoms with Gasteiger partial charge in [-0.15, -0.1) is 0 Å². The van der Waals surface area contributed by atoms with Crippen LogP contribution in [-0.4, -0.2) is 0 Å². The van der Waals surface area contributed by atoms with E-state index in [-0.39, 0.29) is 0 Å². The van der Waals surface area contributed by atoms with Crippen molar-refractivity contribution in [3.05, 3.63) is 0 Å². The molecule has 108 valence electrons. The molecule has 0 N–H and O–H groups in total. The van der Waals surface area contributed by atoms with Crippen LogP contribution in [0.5, 0.6) is 0 Å². The summed E-state index contributed by atoms with van der Waals surface area (Å²) in [5, 5.41) is 0. The van der Waals surface area contributed by atoms with Gasteiger partial charge in [0.2, 0.25) is 0 Å². The third-order valence-corrected chi connectivity index (χ3v) is 4.61. The normalized spacial score (nSPS) is 19.5. The van der Waals surface area contributed by atoms with E-state index in [1.54, 1.807) is 0 Å². The van der Waals surface area contributed by atoms with E-state index >= 15 is 0 Å². The van der Waals surface area contributed by atoms with Gasteiger partial charge in [-0.25, -0.2) is 0 Å². The van der Waals surface area contributed by atoms with E-state index in [0.29, 0.717) is 0 Å². The van der Waals surface area contributed by atoms with Gasteiger partial charge in [-0.1, -0.05) is 66.7 Å². The van der Waals surface area contributed by atoms with E-state index < -0.39 is 0 Å². The highest BCUT2D eigenvalue weighted by Crippen LogP contribution is 2.56. The van der Waals surface area contributed by atoms with Gasteiger partial charge in [-0.3, -0.25) is 0 Å². The summed E-state index contributed by atoms with van der Waals surface area (Å²) in [6.07, 6.45) is 13.3. The van der Waals surface area contributed by atoms with Crippen molar-refractivity contribution in [3.63, 3.8) is 0 Å². The van der Waals surface area contributed by atoms with E-state index in [1.807, 2.05) is 0 Å². The molecule has 0 heterocycles. The van der Waals surface area contributed by atoms with Crippen LogP contribution in [0.3, 0.4) is 0 Å². The van der Waals surface area contributed by atoms with Gasteiger partial charge in [0, 0.05) is 0 Å². The average Bonchev–Trinajstić information content (AvgIpc) is 2.96. The Morgan fingerprint density at radius 2 is 1.50 bits per heavy atom. The topological polar surface area (TPSA) is 0 Å². The molecular formula is C18H36. The monoisotopic (exact) mass is 252 g/mol. The summed E-state index contributed by atoms with van der Waals surface area (Å²) in [5.41, 5.74) is 0.784. The molecule has 18 heavy (non-hydrogen) atoms. The Hall–Kier alpha value is 0. The van der Waals surface area contributed by atoms with E-state index in [9.17, 15) is 0 Å². The molecule has 0 aromatic rings. The van der Waals surface area contributed by atoms with Gasteiger partial charge in [-0.05, 0) is 48.9 Å². The molecule has 1 atom stereocenters. The molecule has 0 amide bonds. The molecule has 1 saturated carbocycles. The quantitative estimate of drug-likeness (QED) is 0.419. The molecule has 0 spiro atoms. The summed E-state index contributed by atoms with van der Waals surface area (Å²) in [4.78, 5) is 0. The Morgan fingerprint density at radius 3 is 1.94 bits per heavy atom. The van der Waals surface area contributed by atoms with Gasteiger partial charge in [0.05, 0.1) is 0 Å². The average molecular weight is 252 g/mol. The van der Waals surface area contributed by atoms with Crippen molar-refractivity contribution in [2.75, 3.05) is 0 Å². The first kappa shape index (κ1) is 16.1. The Kier molecular flexibility index (Phi) is 6.74. The summed E-state index contributed by atoms with van der Waals surface area (Å²) in [7, 11) is 0. The molecule has 1 aliphatic rings. The Labute approximate surface area is 116 Å². The maximum absolute atomic E-state index is 2.40. The zero-order valence-electron chi connectivity index (χ0n) is 13.6. The molecule has 0 radical (unpaired) electrons. The SMILES string of the molecule is CCCC(CCCC(C)C)CC1(CC(C)C)CC1. The summed E-state index contributed by atoms with van der Waals surface area (Å²) in [5.74, 6) is 2.80. The summed E-state index contributed by atoms with van der Waals surface area (Å²) >= 11 is 0. The maximum atomic E-state index is 2.40. The standard InChI is InChI=1S/C18H36/c1-6-8-17(10-7-9-15(2)3)14-18(11-12-18)13-16(4)5/h15-17H,6-14H2,1-5H3. The minimum absolute atomic E-state index is 0.784. The lowest BCUT2D eigenvalue weighted by Gasteiger charge is -2.24. The Balaban J connectivity index is 2.32. The van der Waals surface area contributed by atoms with Crippen molar-refractivity contribution >= 4 is 0 Å². The summed E-state index contributed by atoms with van der Waals surface area (Å²) in [6.45, 7) is 11.9. The van der Waals surface area contributed by atoms with Gasteiger partial charge in [0.15, 0.2) is 0 Å². The van der Waals surface area contributed by atoms with Gasteiger partial charge in [0.25, 0.3) is 0 Å². The number of hydrogen-bond acceptors (Lipinski definition) is 0. The first-order chi connectivity index (χ1) is 8.47. The highest BCUT2D eigenvalue weighted by molar-refractivity contribution is 4.94. The third kappa shape index (κ3) is 6.25. The molecule has 0 bridgehead atoms. The largest absolute Gasteiger partial charge is 0.0654 e. The van der Waals surface area contributed by atoms with Gasteiger partial charge in [0.1, 0.15) is 0 Å². The number of rotatable bonds is 10.